The lowest BCUT2D eigenvalue weighted by atomic mass is 10.1. The largest absolute Gasteiger partial charge is 0.444 e. The highest BCUT2D eigenvalue weighted by Crippen LogP contribution is 2.28. The van der Waals surface area contributed by atoms with Crippen LogP contribution in [0.4, 0.5) is 22.4 Å². The first kappa shape index (κ1) is 27.6. The number of nitrogens with zero attached hydrogens (tertiary/aromatic N) is 3. The van der Waals surface area contributed by atoms with Crippen LogP contribution in [0.5, 0.6) is 0 Å². The van der Waals surface area contributed by atoms with E-state index in [4.69, 9.17) is 16.3 Å². The van der Waals surface area contributed by atoms with Crippen LogP contribution >= 0.6 is 23.5 Å². The van der Waals surface area contributed by atoms with Crippen LogP contribution in [0.1, 0.15) is 36.8 Å². The number of halogens is 5. The van der Waals surface area contributed by atoms with E-state index in [0.717, 1.165) is 25.1 Å². The number of hydrogen-bond donors (Lipinski definition) is 1. The van der Waals surface area contributed by atoms with Crippen molar-refractivity contribution >= 4 is 35.5 Å². The second kappa shape index (κ2) is 9.81. The first-order chi connectivity index (χ1) is 16.5. The molecule has 1 aromatic carbocycles. The Kier molecular flexibility index (Phi) is 7.51. The van der Waals surface area contributed by atoms with Crippen LogP contribution in [0, 0.1) is 5.82 Å². The number of carbonyl (C=O) groups excluding carboxylic acids is 2. The molecule has 15 heteroatoms. The average Bonchev–Trinajstić information content (AvgIpc) is 2.68. The third-order valence-electron chi connectivity index (χ3n) is 4.95. The molecule has 0 bridgehead atoms. The van der Waals surface area contributed by atoms with E-state index in [1.807, 2.05) is 0 Å². The van der Waals surface area contributed by atoms with Gasteiger partial charge in [-0.1, -0.05) is 11.6 Å². The lowest BCUT2D eigenvalue weighted by Crippen LogP contribution is -2.54. The second-order valence-corrected chi connectivity index (χ2v) is 10.4. The molecular formula is C21H21ClF4N4O5S. The van der Waals surface area contributed by atoms with Crippen molar-refractivity contribution in [3.05, 3.63) is 61.1 Å². The molecule has 1 aliphatic heterocycles. The van der Waals surface area contributed by atoms with Crippen molar-refractivity contribution in [1.29, 1.82) is 0 Å². The Morgan fingerprint density at radius 3 is 2.31 bits per heavy atom. The van der Waals surface area contributed by atoms with Crippen LogP contribution in [0.25, 0.3) is 5.69 Å². The molecule has 0 atom stereocenters. The van der Waals surface area contributed by atoms with Gasteiger partial charge in [-0.2, -0.15) is 13.2 Å². The molecule has 0 aliphatic carbocycles. The molecular weight excluding hydrogens is 532 g/mol. The Labute approximate surface area is 211 Å². The smallest absolute Gasteiger partial charge is 0.431 e. The zero-order valence-electron chi connectivity index (χ0n) is 19.4. The summed E-state index contributed by atoms with van der Waals surface area (Å²) in [5.74, 6) is -2.01. The predicted molar refractivity (Wildman–Crippen MR) is 124 cm³/mol. The number of carbonyl (C=O) groups is 2. The molecule has 2 aromatic rings. The van der Waals surface area contributed by atoms with E-state index in [9.17, 15) is 36.7 Å². The molecule has 9 nitrogen and oxygen atoms in total. The third kappa shape index (κ3) is 5.86. The molecule has 0 spiro atoms. The van der Waals surface area contributed by atoms with Crippen LogP contribution in [0.2, 0.25) is 5.02 Å². The van der Waals surface area contributed by atoms with Crippen molar-refractivity contribution in [3.8, 4) is 5.69 Å². The van der Waals surface area contributed by atoms with Gasteiger partial charge in [0.1, 0.15) is 17.1 Å². The highest BCUT2D eigenvalue weighted by molar-refractivity contribution is 7.98. The Morgan fingerprint density at radius 2 is 1.75 bits per heavy atom. The summed E-state index contributed by atoms with van der Waals surface area (Å²) in [7, 11) is 0.776. The third-order valence-corrected chi connectivity index (χ3v) is 6.20. The molecule has 1 aromatic heterocycles. The number of benzene rings is 1. The van der Waals surface area contributed by atoms with Gasteiger partial charge in [0.2, 0.25) is 0 Å². The zero-order valence-corrected chi connectivity index (χ0v) is 21.0. The topological polar surface area (TPSA) is 103 Å². The molecule has 1 fully saturated rings. The normalized spacial score (nSPS) is 14.4. The molecule has 1 saturated heterocycles. The highest BCUT2D eigenvalue weighted by atomic mass is 35.5. The lowest BCUT2D eigenvalue weighted by Gasteiger charge is -2.38. The number of hydrogen-bond acceptors (Lipinski definition) is 6. The van der Waals surface area contributed by atoms with Crippen LogP contribution in [-0.4, -0.2) is 50.0 Å². The van der Waals surface area contributed by atoms with Crippen LogP contribution < -0.4 is 16.0 Å². The molecule has 0 saturated carbocycles. The monoisotopic (exact) mass is 552 g/mol. The maximum atomic E-state index is 14.6. The van der Waals surface area contributed by atoms with E-state index in [0.29, 0.717) is 19.2 Å². The van der Waals surface area contributed by atoms with E-state index in [-0.39, 0.29) is 31.0 Å². The number of likely N-dealkylation sites (tertiary alicyclic amines) is 1. The molecule has 1 N–H and O–H groups in total. The van der Waals surface area contributed by atoms with Crippen molar-refractivity contribution in [3.63, 3.8) is 0 Å². The highest BCUT2D eigenvalue weighted by Gasteiger charge is 2.36. The van der Waals surface area contributed by atoms with Crippen molar-refractivity contribution in [2.45, 2.75) is 37.8 Å². The Balaban J connectivity index is 1.79. The molecule has 1 aliphatic rings. The quantitative estimate of drug-likeness (QED) is 0.461. The summed E-state index contributed by atoms with van der Waals surface area (Å²) < 4.78 is 61.9. The first-order valence-corrected chi connectivity index (χ1v) is 11.6. The van der Waals surface area contributed by atoms with E-state index in [1.165, 1.54) is 4.90 Å². The summed E-state index contributed by atoms with van der Waals surface area (Å²) in [6.07, 6.45) is -5.49. The van der Waals surface area contributed by atoms with Crippen molar-refractivity contribution in [1.82, 2.24) is 18.8 Å². The Hall–Kier alpha value is -3.00. The second-order valence-electron chi connectivity index (χ2n) is 8.88. The van der Waals surface area contributed by atoms with Crippen molar-refractivity contribution in [2.75, 3.05) is 13.1 Å². The van der Waals surface area contributed by atoms with Gasteiger partial charge in [0.05, 0.1) is 21.5 Å². The molecule has 196 valence electrons. The van der Waals surface area contributed by atoms with Crippen LogP contribution in [-0.2, 0) is 18.0 Å². The number of amides is 2. The van der Waals surface area contributed by atoms with Crippen molar-refractivity contribution < 1.29 is 31.9 Å². The predicted octanol–water partition coefficient (Wildman–Crippen LogP) is 3.34. The summed E-state index contributed by atoms with van der Waals surface area (Å²) in [4.78, 5) is 50.9. The van der Waals surface area contributed by atoms with E-state index >= 15 is 0 Å². The first-order valence-electron chi connectivity index (χ1n) is 10.3. The zero-order chi connectivity index (χ0) is 27.2. The number of ether oxygens (including phenoxy) is 1. The van der Waals surface area contributed by atoms with Gasteiger partial charge in [-0.25, -0.2) is 18.5 Å². The van der Waals surface area contributed by atoms with E-state index in [2.05, 4.69) is 4.72 Å². The minimum Gasteiger partial charge on any atom is -0.444 e. The summed E-state index contributed by atoms with van der Waals surface area (Å²) in [6, 6.07) is 1.63. The Bertz CT molecular complexity index is 1330. The van der Waals surface area contributed by atoms with Crippen LogP contribution in [0.15, 0.2) is 27.8 Å². The fraction of sp³-hybridized carbons (Fsp3) is 0.429. The number of alkyl halides is 3. The summed E-state index contributed by atoms with van der Waals surface area (Å²) in [5.41, 5.74) is -6.14. The van der Waals surface area contributed by atoms with Gasteiger partial charge < -0.3 is 9.64 Å². The number of rotatable bonds is 4. The van der Waals surface area contributed by atoms with Gasteiger partial charge in [0.15, 0.2) is 0 Å². The van der Waals surface area contributed by atoms with Gasteiger partial charge in [0.25, 0.3) is 11.5 Å². The van der Waals surface area contributed by atoms with Gasteiger partial charge in [0, 0.05) is 26.2 Å². The summed E-state index contributed by atoms with van der Waals surface area (Å²) in [5, 5.41) is -0.528. The summed E-state index contributed by atoms with van der Waals surface area (Å²) in [6.45, 7) is 5.77. The molecule has 36 heavy (non-hydrogen) atoms. The average molecular weight is 553 g/mol. The maximum Gasteiger partial charge on any atom is 0.431 e. The minimum absolute atomic E-state index is 0.151. The van der Waals surface area contributed by atoms with Gasteiger partial charge in [-0.3, -0.25) is 18.9 Å². The fourth-order valence-corrected chi connectivity index (χ4v) is 4.31. The van der Waals surface area contributed by atoms with Gasteiger partial charge in [-0.05, 0) is 44.9 Å². The Morgan fingerprint density at radius 1 is 1.14 bits per heavy atom. The molecule has 0 unspecified atom stereocenters. The van der Waals surface area contributed by atoms with Crippen molar-refractivity contribution in [2.24, 2.45) is 7.05 Å². The number of aromatic nitrogens is 2. The van der Waals surface area contributed by atoms with Gasteiger partial charge in [-0.15, -0.1) is 0 Å². The fourth-order valence-electron chi connectivity index (χ4n) is 3.18. The molecule has 2 amide bonds. The molecule has 0 radical (unpaired) electrons. The minimum atomic E-state index is -4.99. The van der Waals surface area contributed by atoms with Crippen LogP contribution in [0.3, 0.4) is 0 Å². The maximum absolute atomic E-state index is 14.6. The van der Waals surface area contributed by atoms with Gasteiger partial charge >= 0.3 is 18.0 Å². The summed E-state index contributed by atoms with van der Waals surface area (Å²) >= 11 is 6.94. The standard InChI is InChI=1S/C21H21ClF4N4O5S/c1-20(2,3)35-19(34)29-8-10(9-29)36-27-17(32)11-5-14(13(23)6-12(11)22)30-16(31)7-15(21(24,25)26)28(4)18(30)33/h5-7,10H,8-9H2,1-4H3,(H,27,32). The SMILES string of the molecule is Cn1c(C(F)(F)F)cc(=O)n(-c2cc(C(=O)NSC3CN(C(=O)OC(C)(C)C)C3)c(Cl)cc2F)c1=O. The number of nitrogens with one attached hydrogen (secondary N) is 1. The molecule has 3 rings (SSSR count). The lowest BCUT2D eigenvalue weighted by molar-refractivity contribution is -0.144. The van der Waals surface area contributed by atoms with E-state index in [1.54, 1.807) is 20.8 Å². The molecule has 2 heterocycles. The van der Waals surface area contributed by atoms with E-state index < -0.39 is 52.2 Å².